The average molecular weight is 532 g/mol. The molecule has 1 amide bonds. The van der Waals surface area contributed by atoms with Crippen molar-refractivity contribution in [3.8, 4) is 5.75 Å². The summed E-state index contributed by atoms with van der Waals surface area (Å²) in [4.78, 5) is 20.4. The van der Waals surface area contributed by atoms with Crippen molar-refractivity contribution in [3.05, 3.63) is 53.2 Å². The molecule has 1 unspecified atom stereocenters. The molecule has 2 aromatic rings. The molecule has 3 N–H and O–H groups in total. The van der Waals surface area contributed by atoms with E-state index in [0.29, 0.717) is 36.3 Å². The first-order valence-corrected chi connectivity index (χ1v) is 9.44. The summed E-state index contributed by atoms with van der Waals surface area (Å²) in [6.07, 6.45) is 0.225. The molecule has 0 fully saturated rings. The fourth-order valence-corrected chi connectivity index (χ4v) is 2.49. The Morgan fingerprint density at radius 3 is 2.59 bits per heavy atom. The predicted octanol–water partition coefficient (Wildman–Crippen LogP) is 3.62. The number of ether oxygens (including phenoxy) is 1. The maximum absolute atomic E-state index is 12.0. The topological polar surface area (TPSA) is 87.6 Å². The third kappa shape index (κ3) is 9.80. The van der Waals surface area contributed by atoms with Gasteiger partial charge < -0.3 is 20.7 Å². The number of aromatic nitrogens is 1. The highest BCUT2D eigenvalue weighted by atomic mass is 127. The van der Waals surface area contributed by atoms with Crippen LogP contribution in [0.2, 0.25) is 5.02 Å². The molecule has 0 aliphatic rings. The first-order chi connectivity index (χ1) is 13.5. The van der Waals surface area contributed by atoms with E-state index in [2.05, 4.69) is 25.9 Å². The van der Waals surface area contributed by atoms with Gasteiger partial charge in [0.25, 0.3) is 0 Å². The molecule has 0 saturated carbocycles. The molecule has 0 saturated heterocycles. The summed E-state index contributed by atoms with van der Waals surface area (Å²) in [6.45, 7) is 4.84. The van der Waals surface area contributed by atoms with Gasteiger partial charge in [-0.3, -0.25) is 9.79 Å². The number of benzene rings is 1. The molecule has 1 heterocycles. The van der Waals surface area contributed by atoms with Crippen LogP contribution in [-0.2, 0) is 4.79 Å². The number of aliphatic imine (C=N–C) groups is 1. The van der Waals surface area contributed by atoms with Crippen LogP contribution in [0.1, 0.15) is 19.0 Å². The monoisotopic (exact) mass is 531 g/mol. The lowest BCUT2D eigenvalue weighted by Gasteiger charge is -2.17. The average Bonchev–Trinajstić information content (AvgIpc) is 2.66. The number of aryl methyl sites for hydroxylation is 1. The van der Waals surface area contributed by atoms with Gasteiger partial charge in [0.1, 0.15) is 17.7 Å². The Bertz CT molecular complexity index is 802. The van der Waals surface area contributed by atoms with Crippen molar-refractivity contribution in [3.63, 3.8) is 0 Å². The van der Waals surface area contributed by atoms with Gasteiger partial charge in [0, 0.05) is 30.7 Å². The molecule has 0 spiro atoms. The minimum Gasteiger partial charge on any atom is -0.489 e. The van der Waals surface area contributed by atoms with Crippen molar-refractivity contribution < 1.29 is 9.53 Å². The number of hydrogen-bond donors (Lipinski definition) is 3. The lowest BCUT2D eigenvalue weighted by molar-refractivity contribution is -0.116. The van der Waals surface area contributed by atoms with Gasteiger partial charge in [0.05, 0.1) is 6.54 Å². The molecule has 7 nitrogen and oxygen atoms in total. The Morgan fingerprint density at radius 1 is 1.21 bits per heavy atom. The number of hydrogen-bond acceptors (Lipinski definition) is 4. The number of anilines is 1. The Balaban J connectivity index is 0.00000420. The molecule has 1 atom stereocenters. The lowest BCUT2D eigenvalue weighted by atomic mass is 10.3. The number of halogens is 2. The molecule has 0 radical (unpaired) electrons. The SMILES string of the molecule is CN=C(NCCC(=O)Nc1cccc(C)n1)NCC(C)Oc1ccc(Cl)cc1.I. The first kappa shape index (κ1) is 25.0. The number of guanidine groups is 1. The number of nitrogens with one attached hydrogen (secondary N) is 3. The van der Waals surface area contributed by atoms with E-state index in [4.69, 9.17) is 16.3 Å². The largest absolute Gasteiger partial charge is 0.489 e. The zero-order valence-electron chi connectivity index (χ0n) is 16.7. The quantitative estimate of drug-likeness (QED) is 0.275. The number of pyridine rings is 1. The van der Waals surface area contributed by atoms with Crippen LogP contribution in [0.25, 0.3) is 0 Å². The number of rotatable bonds is 8. The predicted molar refractivity (Wildman–Crippen MR) is 129 cm³/mol. The van der Waals surface area contributed by atoms with Crippen molar-refractivity contribution in [2.75, 3.05) is 25.5 Å². The van der Waals surface area contributed by atoms with Crippen LogP contribution in [0.15, 0.2) is 47.5 Å². The molecular weight excluding hydrogens is 505 g/mol. The van der Waals surface area contributed by atoms with Crippen molar-refractivity contribution in [2.24, 2.45) is 4.99 Å². The molecule has 1 aromatic heterocycles. The van der Waals surface area contributed by atoms with E-state index < -0.39 is 0 Å². The lowest BCUT2D eigenvalue weighted by Crippen LogP contribution is -2.42. The molecule has 29 heavy (non-hydrogen) atoms. The summed E-state index contributed by atoms with van der Waals surface area (Å²) >= 11 is 5.87. The highest BCUT2D eigenvalue weighted by Gasteiger charge is 2.07. The summed E-state index contributed by atoms with van der Waals surface area (Å²) in [5.41, 5.74) is 0.857. The molecular formula is C20H27ClIN5O2. The highest BCUT2D eigenvalue weighted by Crippen LogP contribution is 2.16. The molecule has 2 rings (SSSR count). The van der Waals surface area contributed by atoms with Crippen molar-refractivity contribution in [1.82, 2.24) is 15.6 Å². The second kappa shape index (κ2) is 13.2. The van der Waals surface area contributed by atoms with Gasteiger partial charge in [-0.25, -0.2) is 4.98 Å². The summed E-state index contributed by atoms with van der Waals surface area (Å²) in [5.74, 6) is 1.80. The maximum Gasteiger partial charge on any atom is 0.227 e. The Kier molecular flexibility index (Phi) is 11.4. The fraction of sp³-hybridized carbons (Fsp3) is 0.350. The van der Waals surface area contributed by atoms with E-state index >= 15 is 0 Å². The second-order valence-electron chi connectivity index (χ2n) is 6.22. The third-order valence-corrected chi connectivity index (χ3v) is 3.98. The van der Waals surface area contributed by atoms with Crippen LogP contribution in [0.3, 0.4) is 0 Å². The zero-order chi connectivity index (χ0) is 20.4. The van der Waals surface area contributed by atoms with E-state index in [9.17, 15) is 4.79 Å². The van der Waals surface area contributed by atoms with Crippen LogP contribution >= 0.6 is 35.6 Å². The molecule has 9 heteroatoms. The van der Waals surface area contributed by atoms with E-state index in [1.807, 2.05) is 38.1 Å². The van der Waals surface area contributed by atoms with Crippen molar-refractivity contribution in [1.29, 1.82) is 0 Å². The van der Waals surface area contributed by atoms with E-state index in [-0.39, 0.29) is 36.0 Å². The van der Waals surface area contributed by atoms with Crippen molar-refractivity contribution in [2.45, 2.75) is 26.4 Å². The van der Waals surface area contributed by atoms with Crippen LogP contribution in [-0.4, -0.2) is 43.1 Å². The Hall–Kier alpha value is -2.07. The smallest absolute Gasteiger partial charge is 0.227 e. The molecule has 1 aromatic carbocycles. The Labute approximate surface area is 193 Å². The van der Waals surface area contributed by atoms with Gasteiger partial charge in [-0.2, -0.15) is 0 Å². The van der Waals surface area contributed by atoms with E-state index in [1.165, 1.54) is 0 Å². The first-order valence-electron chi connectivity index (χ1n) is 9.06. The van der Waals surface area contributed by atoms with Crippen LogP contribution < -0.4 is 20.7 Å². The maximum atomic E-state index is 12.0. The summed E-state index contributed by atoms with van der Waals surface area (Å²) < 4.78 is 5.81. The number of nitrogens with zero attached hydrogens (tertiary/aromatic N) is 2. The summed E-state index contributed by atoms with van der Waals surface area (Å²) in [7, 11) is 1.68. The van der Waals surface area contributed by atoms with Gasteiger partial charge in [-0.05, 0) is 50.2 Å². The fourth-order valence-electron chi connectivity index (χ4n) is 2.36. The van der Waals surface area contributed by atoms with Crippen LogP contribution in [0.4, 0.5) is 5.82 Å². The van der Waals surface area contributed by atoms with Gasteiger partial charge in [0.2, 0.25) is 5.91 Å². The molecule has 0 aliphatic heterocycles. The third-order valence-electron chi connectivity index (χ3n) is 3.73. The van der Waals surface area contributed by atoms with E-state index in [0.717, 1.165) is 11.4 Å². The number of carbonyl (C=O) groups is 1. The van der Waals surface area contributed by atoms with E-state index in [1.54, 1.807) is 25.2 Å². The van der Waals surface area contributed by atoms with Gasteiger partial charge >= 0.3 is 0 Å². The minimum atomic E-state index is -0.111. The summed E-state index contributed by atoms with van der Waals surface area (Å²) in [5, 5.41) is 9.73. The molecule has 158 valence electrons. The number of amides is 1. The van der Waals surface area contributed by atoms with Crippen molar-refractivity contribution >= 4 is 53.3 Å². The zero-order valence-corrected chi connectivity index (χ0v) is 19.8. The van der Waals surface area contributed by atoms with Crippen LogP contribution in [0, 0.1) is 6.92 Å². The molecule has 0 aliphatic carbocycles. The van der Waals surface area contributed by atoms with Gasteiger partial charge in [-0.1, -0.05) is 17.7 Å². The summed E-state index contributed by atoms with van der Waals surface area (Å²) in [6, 6.07) is 12.7. The second-order valence-corrected chi connectivity index (χ2v) is 6.66. The normalized spacial score (nSPS) is 11.8. The van der Waals surface area contributed by atoms with Crippen LogP contribution in [0.5, 0.6) is 5.75 Å². The Morgan fingerprint density at radius 2 is 1.93 bits per heavy atom. The molecule has 0 bridgehead atoms. The standard InChI is InChI=1S/C20H26ClN5O2.HI/c1-14-5-4-6-18(25-14)26-19(27)11-12-23-20(22-3)24-13-15(2)28-17-9-7-16(21)8-10-17;/h4-10,15H,11-13H2,1-3H3,(H2,22,23,24)(H,25,26,27);1H. The minimum absolute atomic E-state index is 0. The van der Waals surface area contributed by atoms with Gasteiger partial charge in [-0.15, -0.1) is 24.0 Å². The van der Waals surface area contributed by atoms with Gasteiger partial charge in [0.15, 0.2) is 5.96 Å². The highest BCUT2D eigenvalue weighted by molar-refractivity contribution is 14.0. The number of carbonyl (C=O) groups excluding carboxylic acids is 1.